The molecule has 104 valence electrons. The summed E-state index contributed by atoms with van der Waals surface area (Å²) in [5, 5.41) is 9.07. The molecule has 0 fully saturated rings. The zero-order chi connectivity index (χ0) is 13.9. The Morgan fingerprint density at radius 1 is 1.35 bits per heavy atom. The van der Waals surface area contributed by atoms with E-state index in [0.29, 0.717) is 5.56 Å². The van der Waals surface area contributed by atoms with Gasteiger partial charge >= 0.3 is 5.97 Å². The van der Waals surface area contributed by atoms with Crippen LogP contribution in [-0.4, -0.2) is 33.7 Å². The van der Waals surface area contributed by atoms with E-state index < -0.39 is 5.97 Å². The van der Waals surface area contributed by atoms with Gasteiger partial charge in [0.05, 0.1) is 11.9 Å². The number of hydrogen-bond donors (Lipinski definition) is 1. The minimum absolute atomic E-state index is 0.366. The van der Waals surface area contributed by atoms with Crippen LogP contribution in [0.1, 0.15) is 22.3 Å². The summed E-state index contributed by atoms with van der Waals surface area (Å²) < 4.78 is 2.06. The molecular formula is C15H17N3O2. The number of imidazole rings is 1. The molecule has 0 atom stereocenters. The third-order valence-electron chi connectivity index (χ3n) is 3.73. The van der Waals surface area contributed by atoms with Gasteiger partial charge in [0.2, 0.25) is 0 Å². The maximum atomic E-state index is 11.0. The van der Waals surface area contributed by atoms with Crippen molar-refractivity contribution in [2.24, 2.45) is 0 Å². The number of carboxylic acids is 1. The topological polar surface area (TPSA) is 58.4 Å². The molecule has 0 unspecified atom stereocenters. The molecule has 2 heterocycles. The molecule has 1 N–H and O–H groups in total. The number of aryl methyl sites for hydroxylation is 1. The third-order valence-corrected chi connectivity index (χ3v) is 3.73. The minimum Gasteiger partial charge on any atom is -0.478 e. The van der Waals surface area contributed by atoms with Gasteiger partial charge in [0.25, 0.3) is 0 Å². The average molecular weight is 271 g/mol. The van der Waals surface area contributed by atoms with Gasteiger partial charge in [-0.3, -0.25) is 0 Å². The van der Waals surface area contributed by atoms with Crippen molar-refractivity contribution in [3.8, 4) is 0 Å². The van der Waals surface area contributed by atoms with Gasteiger partial charge in [-0.25, -0.2) is 9.78 Å². The first kappa shape index (κ1) is 12.7. The maximum Gasteiger partial charge on any atom is 0.335 e. The summed E-state index contributed by atoms with van der Waals surface area (Å²) in [4.78, 5) is 17.3. The molecule has 3 rings (SSSR count). The molecule has 0 amide bonds. The maximum absolute atomic E-state index is 11.0. The van der Waals surface area contributed by atoms with Crippen molar-refractivity contribution < 1.29 is 9.90 Å². The highest BCUT2D eigenvalue weighted by molar-refractivity contribution is 5.89. The number of carboxylic acid groups (broad SMARTS) is 1. The molecule has 1 aromatic heterocycles. The molecular weight excluding hydrogens is 254 g/mol. The first-order valence-corrected chi connectivity index (χ1v) is 6.81. The van der Waals surface area contributed by atoms with E-state index in [1.807, 2.05) is 18.6 Å². The van der Waals surface area contributed by atoms with Crippen molar-refractivity contribution in [3.63, 3.8) is 0 Å². The zero-order valence-corrected chi connectivity index (χ0v) is 11.2. The van der Waals surface area contributed by atoms with Crippen molar-refractivity contribution in [3.05, 3.63) is 48.0 Å². The number of aromatic carboxylic acids is 1. The van der Waals surface area contributed by atoms with Crippen molar-refractivity contribution in [1.82, 2.24) is 9.55 Å². The van der Waals surface area contributed by atoms with E-state index in [9.17, 15) is 4.79 Å². The minimum atomic E-state index is -0.863. The Labute approximate surface area is 117 Å². The van der Waals surface area contributed by atoms with Crippen LogP contribution in [0.25, 0.3) is 0 Å². The Kier molecular flexibility index (Phi) is 3.41. The quantitative estimate of drug-likeness (QED) is 0.904. The summed E-state index contributed by atoms with van der Waals surface area (Å²) >= 11 is 0. The molecule has 1 aromatic carbocycles. The Balaban J connectivity index is 1.65. The van der Waals surface area contributed by atoms with E-state index >= 15 is 0 Å². The van der Waals surface area contributed by atoms with Crippen LogP contribution >= 0.6 is 0 Å². The summed E-state index contributed by atoms with van der Waals surface area (Å²) in [5.74, 6) is -0.863. The van der Waals surface area contributed by atoms with Crippen LogP contribution in [0.4, 0.5) is 5.69 Å². The number of carbonyl (C=O) groups is 1. The van der Waals surface area contributed by atoms with Gasteiger partial charge in [0, 0.05) is 37.7 Å². The summed E-state index contributed by atoms with van der Waals surface area (Å²) in [5.41, 5.74) is 2.69. The summed E-state index contributed by atoms with van der Waals surface area (Å²) in [6.45, 7) is 2.85. The Morgan fingerprint density at radius 2 is 2.25 bits per heavy atom. The molecule has 0 aliphatic carbocycles. The van der Waals surface area contributed by atoms with Gasteiger partial charge in [-0.2, -0.15) is 0 Å². The molecule has 0 bridgehead atoms. The lowest BCUT2D eigenvalue weighted by Gasteiger charge is -2.19. The van der Waals surface area contributed by atoms with Crippen LogP contribution in [0.5, 0.6) is 0 Å². The number of hydrogen-bond acceptors (Lipinski definition) is 3. The first-order chi connectivity index (χ1) is 9.74. The van der Waals surface area contributed by atoms with Crippen LogP contribution in [0.15, 0.2) is 36.9 Å². The highest BCUT2D eigenvalue weighted by atomic mass is 16.4. The first-order valence-electron chi connectivity index (χ1n) is 6.81. The van der Waals surface area contributed by atoms with Crippen LogP contribution in [0.2, 0.25) is 0 Å². The number of fused-ring (bicyclic) bond motifs is 1. The molecule has 0 saturated carbocycles. The highest BCUT2D eigenvalue weighted by Gasteiger charge is 2.20. The van der Waals surface area contributed by atoms with E-state index in [0.717, 1.165) is 38.2 Å². The molecule has 5 nitrogen and oxygen atoms in total. The summed E-state index contributed by atoms with van der Waals surface area (Å²) in [6, 6.07) is 5.42. The van der Waals surface area contributed by atoms with Crippen LogP contribution in [0.3, 0.4) is 0 Å². The fourth-order valence-electron chi connectivity index (χ4n) is 2.67. The monoisotopic (exact) mass is 271 g/mol. The standard InChI is InChI=1S/C15H17N3O2/c19-15(20)13-3-2-12-4-8-18(14(12)10-13)7-1-6-17-9-5-16-11-17/h2-3,5,9-11H,1,4,6-8H2,(H,19,20). The van der Waals surface area contributed by atoms with Crippen LogP contribution < -0.4 is 4.90 Å². The van der Waals surface area contributed by atoms with E-state index in [2.05, 4.69) is 14.5 Å². The Morgan fingerprint density at radius 3 is 3.00 bits per heavy atom. The lowest BCUT2D eigenvalue weighted by atomic mass is 10.1. The van der Waals surface area contributed by atoms with Crippen molar-refractivity contribution in [2.75, 3.05) is 18.0 Å². The number of aromatic nitrogens is 2. The molecule has 2 aromatic rings. The third kappa shape index (κ3) is 2.52. The fourth-order valence-corrected chi connectivity index (χ4v) is 2.67. The summed E-state index contributed by atoms with van der Waals surface area (Å²) in [6.07, 6.45) is 7.58. The Bertz CT molecular complexity index is 608. The fraction of sp³-hybridized carbons (Fsp3) is 0.333. The van der Waals surface area contributed by atoms with Gasteiger partial charge in [-0.1, -0.05) is 6.07 Å². The normalized spacial score (nSPS) is 13.5. The highest BCUT2D eigenvalue weighted by Crippen LogP contribution is 2.29. The van der Waals surface area contributed by atoms with Crippen LogP contribution in [0, 0.1) is 0 Å². The molecule has 5 heteroatoms. The van der Waals surface area contributed by atoms with Crippen molar-refractivity contribution >= 4 is 11.7 Å². The number of anilines is 1. The smallest absolute Gasteiger partial charge is 0.335 e. The second kappa shape index (κ2) is 5.36. The van der Waals surface area contributed by atoms with Gasteiger partial charge in [-0.05, 0) is 30.5 Å². The van der Waals surface area contributed by atoms with Crippen molar-refractivity contribution in [2.45, 2.75) is 19.4 Å². The van der Waals surface area contributed by atoms with Gasteiger partial charge in [0.1, 0.15) is 0 Å². The second-order valence-electron chi connectivity index (χ2n) is 5.04. The molecule has 0 spiro atoms. The SMILES string of the molecule is O=C(O)c1ccc2c(c1)N(CCCn1ccnc1)CC2. The molecule has 20 heavy (non-hydrogen) atoms. The van der Waals surface area contributed by atoms with Crippen LogP contribution in [-0.2, 0) is 13.0 Å². The van der Waals surface area contributed by atoms with Gasteiger partial charge in [-0.15, -0.1) is 0 Å². The predicted molar refractivity (Wildman–Crippen MR) is 76.2 cm³/mol. The second-order valence-corrected chi connectivity index (χ2v) is 5.04. The molecule has 0 saturated heterocycles. The number of rotatable bonds is 5. The van der Waals surface area contributed by atoms with Gasteiger partial charge < -0.3 is 14.6 Å². The summed E-state index contributed by atoms with van der Waals surface area (Å²) in [7, 11) is 0. The Hall–Kier alpha value is -2.30. The van der Waals surface area contributed by atoms with E-state index in [4.69, 9.17) is 5.11 Å². The lowest BCUT2D eigenvalue weighted by molar-refractivity contribution is 0.0697. The lowest BCUT2D eigenvalue weighted by Crippen LogP contribution is -2.22. The molecule has 1 aliphatic rings. The van der Waals surface area contributed by atoms with E-state index in [1.165, 1.54) is 5.56 Å². The van der Waals surface area contributed by atoms with E-state index in [1.54, 1.807) is 18.3 Å². The van der Waals surface area contributed by atoms with Crippen molar-refractivity contribution in [1.29, 1.82) is 0 Å². The average Bonchev–Trinajstić information content (AvgIpc) is 3.08. The molecule has 0 radical (unpaired) electrons. The van der Waals surface area contributed by atoms with E-state index in [-0.39, 0.29) is 0 Å². The van der Waals surface area contributed by atoms with Gasteiger partial charge in [0.15, 0.2) is 0 Å². The number of nitrogens with zero attached hydrogens (tertiary/aromatic N) is 3. The molecule has 1 aliphatic heterocycles. The largest absolute Gasteiger partial charge is 0.478 e. The number of benzene rings is 1. The zero-order valence-electron chi connectivity index (χ0n) is 11.2. The predicted octanol–water partition coefficient (Wildman–Crippen LogP) is 2.03.